The molecule has 0 saturated heterocycles. The smallest absolute Gasteiger partial charge is 0.274 e. The molecule has 1 heterocycles. The highest BCUT2D eigenvalue weighted by molar-refractivity contribution is 6.08. The molecule has 0 fully saturated rings. The van der Waals surface area contributed by atoms with Crippen LogP contribution in [0.4, 0.5) is 11.4 Å². The predicted molar refractivity (Wildman–Crippen MR) is 114 cm³/mol. The molecule has 3 aromatic rings. The molecule has 0 unspecified atom stereocenters. The van der Waals surface area contributed by atoms with Gasteiger partial charge in [-0.15, -0.1) is 0 Å². The minimum absolute atomic E-state index is 0.178. The van der Waals surface area contributed by atoms with Crippen LogP contribution in [0.15, 0.2) is 60.8 Å². The summed E-state index contributed by atoms with van der Waals surface area (Å²) in [7, 11) is 1.58. The zero-order valence-corrected chi connectivity index (χ0v) is 16.7. The van der Waals surface area contributed by atoms with Gasteiger partial charge in [-0.3, -0.25) is 14.6 Å². The van der Waals surface area contributed by atoms with E-state index >= 15 is 0 Å². The van der Waals surface area contributed by atoms with Gasteiger partial charge in [0.25, 0.3) is 11.8 Å². The SMILES string of the molecule is CCc1cccc(C)c1NC(=O)c1cc(C(=O)Nc2ccc(OC)cc2)ccn1. The number of rotatable bonds is 6. The number of para-hydroxylation sites is 1. The van der Waals surface area contributed by atoms with Gasteiger partial charge in [-0.05, 0) is 60.9 Å². The zero-order valence-electron chi connectivity index (χ0n) is 16.7. The van der Waals surface area contributed by atoms with Gasteiger partial charge in [0.1, 0.15) is 11.4 Å². The van der Waals surface area contributed by atoms with Gasteiger partial charge in [0.15, 0.2) is 0 Å². The number of methoxy groups -OCH3 is 1. The molecule has 0 spiro atoms. The summed E-state index contributed by atoms with van der Waals surface area (Å²) in [5, 5.41) is 5.73. The highest BCUT2D eigenvalue weighted by Gasteiger charge is 2.14. The van der Waals surface area contributed by atoms with Crippen LogP contribution in [0.5, 0.6) is 5.75 Å². The molecule has 0 atom stereocenters. The van der Waals surface area contributed by atoms with E-state index in [4.69, 9.17) is 4.74 Å². The summed E-state index contributed by atoms with van der Waals surface area (Å²) >= 11 is 0. The van der Waals surface area contributed by atoms with Crippen LogP contribution in [0.2, 0.25) is 0 Å². The Morgan fingerprint density at radius 3 is 2.45 bits per heavy atom. The van der Waals surface area contributed by atoms with E-state index in [-0.39, 0.29) is 17.5 Å². The van der Waals surface area contributed by atoms with Gasteiger partial charge in [0.05, 0.1) is 7.11 Å². The van der Waals surface area contributed by atoms with Crippen molar-refractivity contribution in [3.8, 4) is 5.75 Å². The Morgan fingerprint density at radius 2 is 1.76 bits per heavy atom. The van der Waals surface area contributed by atoms with E-state index in [0.29, 0.717) is 17.0 Å². The number of hydrogen-bond donors (Lipinski definition) is 2. The Balaban J connectivity index is 1.76. The predicted octanol–water partition coefficient (Wildman–Crippen LogP) is 4.47. The number of carbonyl (C=O) groups excluding carboxylic acids is 2. The summed E-state index contributed by atoms with van der Waals surface area (Å²) < 4.78 is 5.11. The van der Waals surface area contributed by atoms with Crippen LogP contribution in [-0.2, 0) is 6.42 Å². The second-order valence-electron chi connectivity index (χ2n) is 6.53. The van der Waals surface area contributed by atoms with Crippen molar-refractivity contribution in [2.24, 2.45) is 0 Å². The minimum Gasteiger partial charge on any atom is -0.497 e. The second kappa shape index (κ2) is 9.01. The van der Waals surface area contributed by atoms with Crippen molar-refractivity contribution in [1.29, 1.82) is 0 Å². The van der Waals surface area contributed by atoms with Crippen LogP contribution >= 0.6 is 0 Å². The molecule has 0 radical (unpaired) electrons. The number of nitrogens with zero attached hydrogens (tertiary/aromatic N) is 1. The molecule has 0 aliphatic heterocycles. The fourth-order valence-corrected chi connectivity index (χ4v) is 2.95. The Kier molecular flexibility index (Phi) is 6.24. The van der Waals surface area contributed by atoms with Crippen molar-refractivity contribution in [1.82, 2.24) is 4.98 Å². The fraction of sp³-hybridized carbons (Fsp3) is 0.174. The minimum atomic E-state index is -0.354. The third-order valence-electron chi connectivity index (χ3n) is 4.58. The van der Waals surface area contributed by atoms with E-state index in [0.717, 1.165) is 23.2 Å². The molecule has 6 heteroatoms. The average molecular weight is 389 g/mol. The number of anilines is 2. The van der Waals surface area contributed by atoms with E-state index in [9.17, 15) is 9.59 Å². The van der Waals surface area contributed by atoms with Crippen molar-refractivity contribution in [3.63, 3.8) is 0 Å². The van der Waals surface area contributed by atoms with E-state index < -0.39 is 0 Å². The summed E-state index contributed by atoms with van der Waals surface area (Å²) in [6, 6.07) is 16.0. The maximum Gasteiger partial charge on any atom is 0.274 e. The van der Waals surface area contributed by atoms with Gasteiger partial charge in [-0.25, -0.2) is 0 Å². The number of benzene rings is 2. The molecule has 3 rings (SSSR count). The van der Waals surface area contributed by atoms with Crippen LogP contribution in [-0.4, -0.2) is 23.9 Å². The molecule has 29 heavy (non-hydrogen) atoms. The standard InChI is InChI=1S/C23H23N3O3/c1-4-16-7-5-6-15(2)21(16)26-23(28)20-14-17(12-13-24-20)22(27)25-18-8-10-19(29-3)11-9-18/h5-14H,4H2,1-3H3,(H,25,27)(H,26,28). The number of ether oxygens (including phenoxy) is 1. The van der Waals surface area contributed by atoms with E-state index in [1.807, 2.05) is 32.0 Å². The quantitative estimate of drug-likeness (QED) is 0.652. The first-order valence-electron chi connectivity index (χ1n) is 9.33. The fourth-order valence-electron chi connectivity index (χ4n) is 2.95. The van der Waals surface area contributed by atoms with Crippen molar-refractivity contribution >= 4 is 23.2 Å². The Labute approximate surface area is 169 Å². The van der Waals surface area contributed by atoms with Crippen LogP contribution in [0, 0.1) is 6.92 Å². The molecule has 0 aliphatic rings. The Morgan fingerprint density at radius 1 is 1.00 bits per heavy atom. The molecular weight excluding hydrogens is 366 g/mol. The lowest BCUT2D eigenvalue weighted by molar-refractivity contribution is 0.102. The van der Waals surface area contributed by atoms with E-state index in [1.54, 1.807) is 37.4 Å². The van der Waals surface area contributed by atoms with Crippen molar-refractivity contribution in [2.75, 3.05) is 17.7 Å². The van der Waals surface area contributed by atoms with Crippen LogP contribution in [0.3, 0.4) is 0 Å². The van der Waals surface area contributed by atoms with Gasteiger partial charge in [0, 0.05) is 23.1 Å². The number of pyridine rings is 1. The maximum absolute atomic E-state index is 12.7. The van der Waals surface area contributed by atoms with E-state index in [2.05, 4.69) is 15.6 Å². The molecule has 0 saturated carbocycles. The van der Waals surface area contributed by atoms with E-state index in [1.165, 1.54) is 12.3 Å². The van der Waals surface area contributed by atoms with Crippen molar-refractivity contribution in [2.45, 2.75) is 20.3 Å². The third kappa shape index (κ3) is 4.79. The Hall–Kier alpha value is -3.67. The molecule has 0 aliphatic carbocycles. The molecule has 2 amide bonds. The summed E-state index contributed by atoms with van der Waals surface area (Å²) in [4.78, 5) is 29.4. The highest BCUT2D eigenvalue weighted by Crippen LogP contribution is 2.22. The Bertz CT molecular complexity index is 1030. The third-order valence-corrected chi connectivity index (χ3v) is 4.58. The van der Waals surface area contributed by atoms with Crippen molar-refractivity contribution < 1.29 is 14.3 Å². The first kappa shape index (κ1) is 20.1. The van der Waals surface area contributed by atoms with Gasteiger partial charge < -0.3 is 15.4 Å². The average Bonchev–Trinajstić information content (AvgIpc) is 2.75. The number of aryl methyl sites for hydroxylation is 2. The van der Waals surface area contributed by atoms with Gasteiger partial charge in [-0.2, -0.15) is 0 Å². The monoisotopic (exact) mass is 389 g/mol. The summed E-state index contributed by atoms with van der Waals surface area (Å²) in [6.45, 7) is 3.98. The number of nitrogens with one attached hydrogen (secondary N) is 2. The highest BCUT2D eigenvalue weighted by atomic mass is 16.5. The molecule has 6 nitrogen and oxygen atoms in total. The largest absolute Gasteiger partial charge is 0.497 e. The number of hydrogen-bond acceptors (Lipinski definition) is 4. The lowest BCUT2D eigenvalue weighted by atomic mass is 10.1. The van der Waals surface area contributed by atoms with Crippen LogP contribution < -0.4 is 15.4 Å². The first-order valence-corrected chi connectivity index (χ1v) is 9.33. The molecule has 148 valence electrons. The van der Waals surface area contributed by atoms with Gasteiger partial charge >= 0.3 is 0 Å². The van der Waals surface area contributed by atoms with Crippen LogP contribution in [0.1, 0.15) is 38.9 Å². The van der Waals surface area contributed by atoms with Crippen molar-refractivity contribution in [3.05, 3.63) is 83.2 Å². The molecule has 2 N–H and O–H groups in total. The number of amides is 2. The second-order valence-corrected chi connectivity index (χ2v) is 6.53. The summed E-state index contributed by atoms with van der Waals surface area (Å²) in [5.74, 6) is 0.0263. The zero-order chi connectivity index (χ0) is 20.8. The lowest BCUT2D eigenvalue weighted by Gasteiger charge is -2.13. The lowest BCUT2D eigenvalue weighted by Crippen LogP contribution is -2.18. The maximum atomic E-state index is 12.7. The van der Waals surface area contributed by atoms with Crippen LogP contribution in [0.25, 0.3) is 0 Å². The summed E-state index contributed by atoms with van der Waals surface area (Å²) in [6.07, 6.45) is 2.26. The molecule has 2 aromatic carbocycles. The summed E-state index contributed by atoms with van der Waals surface area (Å²) in [5.41, 5.74) is 3.97. The number of aromatic nitrogens is 1. The number of carbonyl (C=O) groups is 2. The van der Waals surface area contributed by atoms with Gasteiger partial charge in [0.2, 0.25) is 0 Å². The normalized spacial score (nSPS) is 10.3. The van der Waals surface area contributed by atoms with Gasteiger partial charge in [-0.1, -0.05) is 25.1 Å². The molecule has 0 bridgehead atoms. The first-order chi connectivity index (χ1) is 14.0. The molecule has 1 aromatic heterocycles. The topological polar surface area (TPSA) is 80.3 Å². The molecular formula is C23H23N3O3.